The van der Waals surface area contributed by atoms with Gasteiger partial charge in [-0.3, -0.25) is 4.79 Å². The molecule has 2 aromatic rings. The molecular weight excluding hydrogens is 323 g/mol. The summed E-state index contributed by atoms with van der Waals surface area (Å²) < 4.78 is 18.9. The van der Waals surface area contributed by atoms with E-state index in [1.807, 2.05) is 0 Å². The highest BCUT2D eigenvalue weighted by atomic mass is 19.1. The number of carbonyl (C=O) groups excluding carboxylic acids is 1. The summed E-state index contributed by atoms with van der Waals surface area (Å²) in [5, 5.41) is 3.83. The van der Waals surface area contributed by atoms with Crippen molar-refractivity contribution in [2.45, 2.75) is 25.3 Å². The minimum Gasteiger partial charge on any atom is -0.381 e. The molecule has 2 aliphatic heterocycles. The summed E-state index contributed by atoms with van der Waals surface area (Å²) in [4.78, 5) is 23.1. The number of fused-ring (bicyclic) bond motifs is 1. The van der Waals surface area contributed by atoms with Crippen LogP contribution in [-0.2, 0) is 9.53 Å². The molecule has 0 aliphatic carbocycles. The van der Waals surface area contributed by atoms with Crippen molar-refractivity contribution in [2.24, 2.45) is 5.92 Å². The van der Waals surface area contributed by atoms with Gasteiger partial charge >= 0.3 is 0 Å². The van der Waals surface area contributed by atoms with E-state index in [-0.39, 0.29) is 23.7 Å². The number of nitrogens with one attached hydrogen (secondary N) is 1. The Morgan fingerprint density at radius 2 is 2.08 bits per heavy atom. The van der Waals surface area contributed by atoms with Gasteiger partial charge in [-0.1, -0.05) is 0 Å². The predicted octanol–water partition coefficient (Wildman–Crippen LogP) is 1.89. The second-order valence-electron chi connectivity index (χ2n) is 6.69. The first kappa shape index (κ1) is 16.2. The first-order valence-electron chi connectivity index (χ1n) is 8.74. The molecule has 0 radical (unpaired) electrons. The van der Waals surface area contributed by atoms with E-state index in [0.29, 0.717) is 36.5 Å². The third-order valence-electron chi connectivity index (χ3n) is 5.00. The molecule has 0 saturated carbocycles. The SMILES string of the molecule is O=C(NC1CCOCC1)C1CCN(c2ncnc3ccc(F)cc23)C1. The van der Waals surface area contributed by atoms with E-state index < -0.39 is 0 Å². The Bertz CT molecular complexity index is 779. The smallest absolute Gasteiger partial charge is 0.225 e. The summed E-state index contributed by atoms with van der Waals surface area (Å²) in [6.07, 6.45) is 4.01. The number of carbonyl (C=O) groups is 1. The van der Waals surface area contributed by atoms with Crippen molar-refractivity contribution >= 4 is 22.6 Å². The monoisotopic (exact) mass is 344 g/mol. The third-order valence-corrected chi connectivity index (χ3v) is 5.00. The number of aromatic nitrogens is 2. The summed E-state index contributed by atoms with van der Waals surface area (Å²) in [7, 11) is 0. The van der Waals surface area contributed by atoms with Crippen LogP contribution in [0.25, 0.3) is 10.9 Å². The van der Waals surface area contributed by atoms with Gasteiger partial charge in [0.15, 0.2) is 0 Å². The Kier molecular flexibility index (Phi) is 4.48. The Labute approximate surface area is 145 Å². The lowest BCUT2D eigenvalue weighted by Gasteiger charge is -2.24. The van der Waals surface area contributed by atoms with Crippen molar-refractivity contribution in [3.8, 4) is 0 Å². The number of benzene rings is 1. The Morgan fingerprint density at radius 1 is 1.24 bits per heavy atom. The summed E-state index contributed by atoms with van der Waals surface area (Å²) in [6.45, 7) is 2.74. The molecule has 25 heavy (non-hydrogen) atoms. The number of rotatable bonds is 3. The number of amides is 1. The van der Waals surface area contributed by atoms with Gasteiger partial charge in [0.2, 0.25) is 5.91 Å². The molecule has 3 heterocycles. The standard InChI is InChI=1S/C18H21FN4O2/c19-13-1-2-16-15(9-13)17(21-11-20-16)23-6-3-12(10-23)18(24)22-14-4-7-25-8-5-14/h1-2,9,11-12,14H,3-8,10H2,(H,22,24). The molecule has 0 spiro atoms. The molecule has 2 fully saturated rings. The van der Waals surface area contributed by atoms with Gasteiger partial charge < -0.3 is 15.0 Å². The van der Waals surface area contributed by atoms with E-state index in [4.69, 9.17) is 4.74 Å². The zero-order valence-corrected chi connectivity index (χ0v) is 13.9. The summed E-state index contributed by atoms with van der Waals surface area (Å²) in [5.74, 6) is 0.419. The van der Waals surface area contributed by atoms with Crippen LogP contribution >= 0.6 is 0 Å². The van der Waals surface area contributed by atoms with Gasteiger partial charge in [-0.2, -0.15) is 0 Å². The van der Waals surface area contributed by atoms with Crippen molar-refractivity contribution < 1.29 is 13.9 Å². The first-order chi connectivity index (χ1) is 12.2. The minimum absolute atomic E-state index is 0.0681. The maximum Gasteiger partial charge on any atom is 0.225 e. The van der Waals surface area contributed by atoms with Gasteiger partial charge in [-0.25, -0.2) is 14.4 Å². The van der Waals surface area contributed by atoms with Crippen LogP contribution in [0.2, 0.25) is 0 Å². The van der Waals surface area contributed by atoms with Gasteiger partial charge in [0, 0.05) is 37.7 Å². The maximum atomic E-state index is 13.6. The van der Waals surface area contributed by atoms with Crippen LogP contribution in [-0.4, -0.2) is 48.2 Å². The molecule has 6 nitrogen and oxygen atoms in total. The van der Waals surface area contributed by atoms with E-state index in [2.05, 4.69) is 20.2 Å². The lowest BCUT2D eigenvalue weighted by molar-refractivity contribution is -0.125. The van der Waals surface area contributed by atoms with Crippen molar-refractivity contribution in [3.63, 3.8) is 0 Å². The highest BCUT2D eigenvalue weighted by Crippen LogP contribution is 2.28. The molecule has 1 N–H and O–H groups in total. The largest absolute Gasteiger partial charge is 0.381 e. The lowest BCUT2D eigenvalue weighted by atomic mass is 10.1. The second-order valence-corrected chi connectivity index (χ2v) is 6.69. The fraction of sp³-hybridized carbons (Fsp3) is 0.500. The van der Waals surface area contributed by atoms with Gasteiger partial charge in [0.1, 0.15) is 18.0 Å². The Morgan fingerprint density at radius 3 is 2.92 bits per heavy atom. The summed E-state index contributed by atoms with van der Waals surface area (Å²) in [6, 6.07) is 4.72. The molecule has 0 bridgehead atoms. The molecule has 1 amide bonds. The van der Waals surface area contributed by atoms with Crippen molar-refractivity contribution in [3.05, 3.63) is 30.3 Å². The molecular formula is C18H21FN4O2. The van der Waals surface area contributed by atoms with E-state index in [9.17, 15) is 9.18 Å². The molecule has 2 aliphatic rings. The molecule has 1 aromatic heterocycles. The number of hydrogen-bond acceptors (Lipinski definition) is 5. The zero-order valence-electron chi connectivity index (χ0n) is 13.9. The van der Waals surface area contributed by atoms with Crippen LogP contribution in [0.3, 0.4) is 0 Å². The molecule has 1 aromatic carbocycles. The van der Waals surface area contributed by atoms with Crippen LogP contribution in [0.4, 0.5) is 10.2 Å². The van der Waals surface area contributed by atoms with Gasteiger partial charge in [-0.05, 0) is 37.5 Å². The van der Waals surface area contributed by atoms with Crippen LogP contribution in [0.1, 0.15) is 19.3 Å². The van der Waals surface area contributed by atoms with Gasteiger partial charge in [-0.15, -0.1) is 0 Å². The zero-order chi connectivity index (χ0) is 17.2. The number of nitrogens with zero attached hydrogens (tertiary/aromatic N) is 3. The maximum absolute atomic E-state index is 13.6. The van der Waals surface area contributed by atoms with Crippen molar-refractivity contribution in [2.75, 3.05) is 31.2 Å². The highest BCUT2D eigenvalue weighted by Gasteiger charge is 2.31. The van der Waals surface area contributed by atoms with Crippen LogP contribution in [0.5, 0.6) is 0 Å². The number of halogens is 1. The van der Waals surface area contributed by atoms with Crippen LogP contribution < -0.4 is 10.2 Å². The predicted molar refractivity (Wildman–Crippen MR) is 91.8 cm³/mol. The molecule has 132 valence electrons. The molecule has 2 saturated heterocycles. The van der Waals surface area contributed by atoms with Crippen molar-refractivity contribution in [1.82, 2.24) is 15.3 Å². The minimum atomic E-state index is -0.309. The second kappa shape index (κ2) is 6.92. The summed E-state index contributed by atoms with van der Waals surface area (Å²) >= 11 is 0. The lowest BCUT2D eigenvalue weighted by Crippen LogP contribution is -2.42. The van der Waals surface area contributed by atoms with Crippen LogP contribution in [0.15, 0.2) is 24.5 Å². The average molecular weight is 344 g/mol. The Balaban J connectivity index is 1.47. The van der Waals surface area contributed by atoms with Crippen LogP contribution in [0, 0.1) is 11.7 Å². The Hall–Kier alpha value is -2.28. The quantitative estimate of drug-likeness (QED) is 0.921. The molecule has 7 heteroatoms. The topological polar surface area (TPSA) is 67.3 Å². The van der Waals surface area contributed by atoms with E-state index in [1.165, 1.54) is 18.5 Å². The molecule has 1 atom stereocenters. The normalized spacial score (nSPS) is 21.6. The fourth-order valence-corrected chi connectivity index (χ4v) is 3.59. The van der Waals surface area contributed by atoms with E-state index in [0.717, 1.165) is 25.8 Å². The molecule has 4 rings (SSSR count). The fourth-order valence-electron chi connectivity index (χ4n) is 3.59. The molecule has 1 unspecified atom stereocenters. The van der Waals surface area contributed by atoms with Gasteiger partial charge in [0.25, 0.3) is 0 Å². The van der Waals surface area contributed by atoms with Gasteiger partial charge in [0.05, 0.1) is 11.4 Å². The summed E-state index contributed by atoms with van der Waals surface area (Å²) in [5.41, 5.74) is 0.710. The van der Waals surface area contributed by atoms with E-state index in [1.54, 1.807) is 6.07 Å². The number of anilines is 1. The highest BCUT2D eigenvalue weighted by molar-refractivity contribution is 5.90. The van der Waals surface area contributed by atoms with E-state index >= 15 is 0 Å². The van der Waals surface area contributed by atoms with Crippen molar-refractivity contribution in [1.29, 1.82) is 0 Å². The number of hydrogen-bond donors (Lipinski definition) is 1. The number of ether oxygens (including phenoxy) is 1. The first-order valence-corrected chi connectivity index (χ1v) is 8.74. The third kappa shape index (κ3) is 3.42. The average Bonchev–Trinajstić information content (AvgIpc) is 3.12.